The highest BCUT2D eigenvalue weighted by Crippen LogP contribution is 2.25. The van der Waals surface area contributed by atoms with Gasteiger partial charge in [0.2, 0.25) is 0 Å². The topological polar surface area (TPSA) is 72.3 Å². The number of aromatic nitrogens is 4. The quantitative estimate of drug-likeness (QED) is 0.891. The highest BCUT2D eigenvalue weighted by atomic mass is 15.4. The third kappa shape index (κ3) is 2.40. The lowest BCUT2D eigenvalue weighted by Gasteiger charge is -2.34. The first kappa shape index (κ1) is 12.3. The lowest BCUT2D eigenvalue weighted by atomic mass is 9.95. The summed E-state index contributed by atoms with van der Waals surface area (Å²) in [6.45, 7) is 4.89. The normalized spacial score (nSPS) is 20.1. The van der Waals surface area contributed by atoms with Crippen LogP contribution in [0.2, 0.25) is 0 Å². The van der Waals surface area contributed by atoms with E-state index in [0.29, 0.717) is 11.7 Å². The second-order valence-corrected chi connectivity index (χ2v) is 5.26. The van der Waals surface area contributed by atoms with Crippen molar-refractivity contribution in [1.82, 2.24) is 19.6 Å². The highest BCUT2D eigenvalue weighted by Gasteiger charge is 2.22. The third-order valence-electron chi connectivity index (χ3n) is 3.78. The molecule has 6 nitrogen and oxygen atoms in total. The van der Waals surface area contributed by atoms with Crippen LogP contribution in [0.4, 0.5) is 5.82 Å². The van der Waals surface area contributed by atoms with Crippen LogP contribution >= 0.6 is 0 Å². The molecule has 3 rings (SSSR count). The average molecular weight is 260 g/mol. The van der Waals surface area contributed by atoms with E-state index in [1.807, 2.05) is 11.4 Å². The molecule has 1 aliphatic rings. The summed E-state index contributed by atoms with van der Waals surface area (Å²) in [5.41, 5.74) is 6.67. The van der Waals surface area contributed by atoms with Crippen molar-refractivity contribution < 1.29 is 0 Å². The van der Waals surface area contributed by atoms with E-state index in [4.69, 9.17) is 5.73 Å². The average Bonchev–Trinajstić information content (AvgIpc) is 2.86. The van der Waals surface area contributed by atoms with Crippen molar-refractivity contribution in [1.29, 1.82) is 0 Å². The third-order valence-corrected chi connectivity index (χ3v) is 3.78. The standard InChI is InChI=1S/C13H20N6/c1-10-7-12(19-13(17-10)15-9-16-19)18-6-2-3-11(8-18)4-5-14/h7,9,11H,2-6,8,14H2,1H3. The minimum Gasteiger partial charge on any atom is -0.356 e. The Bertz CT molecular complexity index is 561. The number of nitrogens with zero attached hydrogens (tertiary/aromatic N) is 5. The largest absolute Gasteiger partial charge is 0.356 e. The Hall–Kier alpha value is -1.69. The van der Waals surface area contributed by atoms with Gasteiger partial charge in [-0.05, 0) is 38.6 Å². The maximum atomic E-state index is 5.69. The fourth-order valence-corrected chi connectivity index (χ4v) is 2.88. The van der Waals surface area contributed by atoms with Crippen molar-refractivity contribution in [3.8, 4) is 0 Å². The molecule has 1 aliphatic heterocycles. The molecule has 102 valence electrons. The summed E-state index contributed by atoms with van der Waals surface area (Å²) >= 11 is 0. The van der Waals surface area contributed by atoms with Gasteiger partial charge in [-0.25, -0.2) is 4.98 Å². The smallest absolute Gasteiger partial charge is 0.254 e. The van der Waals surface area contributed by atoms with Gasteiger partial charge in [0, 0.05) is 24.8 Å². The molecule has 1 fully saturated rings. The number of hydrogen-bond acceptors (Lipinski definition) is 5. The molecule has 1 atom stereocenters. The van der Waals surface area contributed by atoms with E-state index < -0.39 is 0 Å². The number of nitrogens with two attached hydrogens (primary N) is 1. The van der Waals surface area contributed by atoms with Gasteiger partial charge in [0.05, 0.1) is 0 Å². The molecule has 19 heavy (non-hydrogen) atoms. The Morgan fingerprint density at radius 2 is 2.37 bits per heavy atom. The molecule has 0 spiro atoms. The zero-order valence-electron chi connectivity index (χ0n) is 11.3. The number of hydrogen-bond donors (Lipinski definition) is 1. The zero-order chi connectivity index (χ0) is 13.2. The Balaban J connectivity index is 1.92. The number of anilines is 1. The minimum absolute atomic E-state index is 0.677. The molecular formula is C13H20N6. The van der Waals surface area contributed by atoms with Crippen LogP contribution in [0, 0.1) is 12.8 Å². The molecule has 2 aromatic rings. The van der Waals surface area contributed by atoms with E-state index >= 15 is 0 Å². The van der Waals surface area contributed by atoms with Crippen LogP contribution in [0.25, 0.3) is 5.78 Å². The van der Waals surface area contributed by atoms with E-state index in [1.165, 1.54) is 12.8 Å². The van der Waals surface area contributed by atoms with Crippen LogP contribution in [-0.2, 0) is 0 Å². The van der Waals surface area contributed by atoms with Crippen molar-refractivity contribution in [3.05, 3.63) is 18.1 Å². The summed E-state index contributed by atoms with van der Waals surface area (Å²) < 4.78 is 1.83. The molecule has 0 bridgehead atoms. The van der Waals surface area contributed by atoms with E-state index in [0.717, 1.165) is 37.6 Å². The lowest BCUT2D eigenvalue weighted by molar-refractivity contribution is 0.393. The number of fused-ring (bicyclic) bond motifs is 1. The molecule has 6 heteroatoms. The molecule has 0 amide bonds. The van der Waals surface area contributed by atoms with Crippen LogP contribution in [0.15, 0.2) is 12.4 Å². The van der Waals surface area contributed by atoms with Gasteiger partial charge in [-0.1, -0.05) is 0 Å². The van der Waals surface area contributed by atoms with Crippen LogP contribution < -0.4 is 10.6 Å². The van der Waals surface area contributed by atoms with Gasteiger partial charge < -0.3 is 10.6 Å². The minimum atomic E-state index is 0.677. The monoisotopic (exact) mass is 260 g/mol. The molecule has 2 aromatic heterocycles. The summed E-state index contributed by atoms with van der Waals surface area (Å²) in [4.78, 5) is 11.0. The maximum absolute atomic E-state index is 5.69. The molecule has 3 heterocycles. The van der Waals surface area contributed by atoms with Gasteiger partial charge >= 0.3 is 0 Å². The van der Waals surface area contributed by atoms with Gasteiger partial charge in [0.15, 0.2) is 0 Å². The van der Waals surface area contributed by atoms with Gasteiger partial charge in [0.25, 0.3) is 5.78 Å². The molecule has 1 unspecified atom stereocenters. The van der Waals surface area contributed by atoms with Crippen LogP contribution in [-0.4, -0.2) is 39.2 Å². The van der Waals surface area contributed by atoms with Gasteiger partial charge in [-0.3, -0.25) is 0 Å². The Labute approximate surface area is 112 Å². The molecule has 0 saturated carbocycles. The molecule has 2 N–H and O–H groups in total. The van der Waals surface area contributed by atoms with Crippen molar-refractivity contribution in [3.63, 3.8) is 0 Å². The van der Waals surface area contributed by atoms with E-state index in [1.54, 1.807) is 6.33 Å². The molecule has 0 radical (unpaired) electrons. The number of piperidine rings is 1. The van der Waals surface area contributed by atoms with Crippen LogP contribution in [0.1, 0.15) is 25.0 Å². The summed E-state index contributed by atoms with van der Waals surface area (Å²) in [6.07, 6.45) is 5.15. The maximum Gasteiger partial charge on any atom is 0.254 e. The number of aryl methyl sites for hydroxylation is 1. The molecular weight excluding hydrogens is 240 g/mol. The summed E-state index contributed by atoms with van der Waals surface area (Å²) in [6, 6.07) is 2.09. The van der Waals surface area contributed by atoms with Crippen molar-refractivity contribution in [2.24, 2.45) is 11.7 Å². The van der Waals surface area contributed by atoms with Gasteiger partial charge in [-0.15, -0.1) is 0 Å². The summed E-state index contributed by atoms with van der Waals surface area (Å²) in [5, 5.41) is 4.28. The van der Waals surface area contributed by atoms with E-state index in [-0.39, 0.29) is 0 Å². The lowest BCUT2D eigenvalue weighted by Crippen LogP contribution is -2.37. The van der Waals surface area contributed by atoms with Crippen molar-refractivity contribution in [2.75, 3.05) is 24.5 Å². The molecule has 1 saturated heterocycles. The molecule has 0 aromatic carbocycles. The van der Waals surface area contributed by atoms with Gasteiger partial charge in [-0.2, -0.15) is 14.6 Å². The number of rotatable bonds is 3. The Morgan fingerprint density at radius 3 is 3.21 bits per heavy atom. The zero-order valence-corrected chi connectivity index (χ0v) is 11.3. The second kappa shape index (κ2) is 5.13. The van der Waals surface area contributed by atoms with Crippen LogP contribution in [0.3, 0.4) is 0 Å². The van der Waals surface area contributed by atoms with Gasteiger partial charge in [0.1, 0.15) is 12.1 Å². The molecule has 0 aliphatic carbocycles. The first-order valence-electron chi connectivity index (χ1n) is 6.90. The fourth-order valence-electron chi connectivity index (χ4n) is 2.88. The predicted octanol–water partition coefficient (Wildman–Crippen LogP) is 0.998. The predicted molar refractivity (Wildman–Crippen MR) is 74.1 cm³/mol. The van der Waals surface area contributed by atoms with E-state index in [9.17, 15) is 0 Å². The Kier molecular flexibility index (Phi) is 3.33. The first-order chi connectivity index (χ1) is 9.28. The highest BCUT2D eigenvalue weighted by molar-refractivity contribution is 5.47. The van der Waals surface area contributed by atoms with Crippen molar-refractivity contribution >= 4 is 11.6 Å². The van der Waals surface area contributed by atoms with E-state index in [2.05, 4.69) is 26.0 Å². The Morgan fingerprint density at radius 1 is 1.47 bits per heavy atom. The fraction of sp³-hybridized carbons (Fsp3) is 0.615. The SMILES string of the molecule is Cc1cc(N2CCCC(CCN)C2)n2ncnc2n1. The second-order valence-electron chi connectivity index (χ2n) is 5.26. The van der Waals surface area contributed by atoms with Crippen molar-refractivity contribution in [2.45, 2.75) is 26.2 Å². The summed E-state index contributed by atoms with van der Waals surface area (Å²) in [7, 11) is 0. The summed E-state index contributed by atoms with van der Waals surface area (Å²) in [5.74, 6) is 2.46. The first-order valence-corrected chi connectivity index (χ1v) is 6.90. The van der Waals surface area contributed by atoms with Crippen LogP contribution in [0.5, 0.6) is 0 Å².